The predicted molar refractivity (Wildman–Crippen MR) is 103 cm³/mol. The van der Waals surface area contributed by atoms with E-state index < -0.39 is 17.4 Å². The zero-order chi connectivity index (χ0) is 21.9. The second-order valence-corrected chi connectivity index (χ2v) is 6.31. The van der Waals surface area contributed by atoms with E-state index in [0.29, 0.717) is 11.3 Å². The first-order chi connectivity index (χ1) is 14.2. The van der Waals surface area contributed by atoms with Crippen LogP contribution in [0.25, 0.3) is 11.4 Å². The SMILES string of the molecule is COc1cc(Nc2cc(NC(C)=O)ncc2-c2ncc(F)cn2)nc(C(C)(F)F)c1. The van der Waals surface area contributed by atoms with E-state index in [-0.39, 0.29) is 29.1 Å². The summed E-state index contributed by atoms with van der Waals surface area (Å²) in [6.07, 6.45) is 3.32. The molecular weight excluding hydrogens is 401 g/mol. The van der Waals surface area contributed by atoms with Crippen LogP contribution in [0.4, 0.5) is 30.5 Å². The molecule has 11 heteroatoms. The van der Waals surface area contributed by atoms with Crippen molar-refractivity contribution in [1.82, 2.24) is 19.9 Å². The van der Waals surface area contributed by atoms with Gasteiger partial charge in [0.2, 0.25) is 5.91 Å². The minimum Gasteiger partial charge on any atom is -0.497 e. The molecule has 0 saturated carbocycles. The number of amides is 1. The molecule has 0 aromatic carbocycles. The van der Waals surface area contributed by atoms with Gasteiger partial charge >= 0.3 is 0 Å². The fraction of sp³-hybridized carbons (Fsp3) is 0.211. The predicted octanol–water partition coefficient (Wildman–Crippen LogP) is 3.90. The lowest BCUT2D eigenvalue weighted by molar-refractivity contribution is -0.114. The molecule has 0 atom stereocenters. The molecule has 0 aliphatic rings. The average molecular weight is 418 g/mol. The fourth-order valence-electron chi connectivity index (χ4n) is 2.49. The topological polar surface area (TPSA) is 102 Å². The minimum absolute atomic E-state index is 0.0502. The van der Waals surface area contributed by atoms with Gasteiger partial charge in [-0.2, -0.15) is 8.78 Å². The van der Waals surface area contributed by atoms with E-state index in [1.807, 2.05) is 0 Å². The van der Waals surface area contributed by atoms with Crippen LogP contribution >= 0.6 is 0 Å². The minimum atomic E-state index is -3.20. The second kappa shape index (κ2) is 8.31. The molecule has 2 N–H and O–H groups in total. The Morgan fingerprint density at radius 3 is 2.37 bits per heavy atom. The molecule has 0 saturated heterocycles. The maximum Gasteiger partial charge on any atom is 0.287 e. The standard InChI is InChI=1S/C19H17F3N6O2/c1-10(29)26-16-6-14(13(9-23-16)18-24-7-11(20)8-25-18)27-17-5-12(30-3)4-15(28-17)19(2,21)22/h4-9H,1-3H3,(H2,23,26,27,28,29). The van der Waals surface area contributed by atoms with E-state index in [1.165, 1.54) is 32.4 Å². The number of anilines is 3. The van der Waals surface area contributed by atoms with E-state index in [1.54, 1.807) is 0 Å². The summed E-state index contributed by atoms with van der Waals surface area (Å²) in [4.78, 5) is 27.2. The molecular formula is C19H17F3N6O2. The van der Waals surface area contributed by atoms with Crippen LogP contribution in [0.3, 0.4) is 0 Å². The molecule has 3 aromatic heterocycles. The lowest BCUT2D eigenvalue weighted by atomic mass is 10.2. The number of nitrogens with zero attached hydrogens (tertiary/aromatic N) is 4. The lowest BCUT2D eigenvalue weighted by Crippen LogP contribution is -2.12. The Balaban J connectivity index is 2.09. The van der Waals surface area contributed by atoms with Crippen molar-refractivity contribution >= 4 is 23.2 Å². The van der Waals surface area contributed by atoms with Crippen molar-refractivity contribution in [3.8, 4) is 17.1 Å². The maximum atomic E-state index is 13.8. The van der Waals surface area contributed by atoms with E-state index in [9.17, 15) is 18.0 Å². The van der Waals surface area contributed by atoms with Gasteiger partial charge in [0.15, 0.2) is 11.6 Å². The highest BCUT2D eigenvalue weighted by molar-refractivity contribution is 5.89. The summed E-state index contributed by atoms with van der Waals surface area (Å²) >= 11 is 0. The Morgan fingerprint density at radius 1 is 1.07 bits per heavy atom. The van der Waals surface area contributed by atoms with Crippen LogP contribution in [0.2, 0.25) is 0 Å². The van der Waals surface area contributed by atoms with Gasteiger partial charge in [-0.3, -0.25) is 4.79 Å². The highest BCUT2D eigenvalue weighted by Crippen LogP contribution is 2.33. The van der Waals surface area contributed by atoms with Crippen molar-refractivity contribution in [1.29, 1.82) is 0 Å². The van der Waals surface area contributed by atoms with Crippen LogP contribution < -0.4 is 15.4 Å². The summed E-state index contributed by atoms with van der Waals surface area (Å²) in [5.74, 6) is -3.64. The van der Waals surface area contributed by atoms with Gasteiger partial charge in [-0.15, -0.1) is 0 Å². The maximum absolute atomic E-state index is 13.8. The van der Waals surface area contributed by atoms with Crippen molar-refractivity contribution in [3.63, 3.8) is 0 Å². The van der Waals surface area contributed by atoms with E-state index in [2.05, 4.69) is 30.6 Å². The molecule has 0 aliphatic heterocycles. The summed E-state index contributed by atoms with van der Waals surface area (Å²) in [7, 11) is 1.34. The molecule has 3 heterocycles. The molecule has 1 amide bonds. The third kappa shape index (κ3) is 4.99. The Kier molecular flexibility index (Phi) is 5.81. The molecule has 0 aliphatic carbocycles. The molecule has 8 nitrogen and oxygen atoms in total. The highest BCUT2D eigenvalue weighted by atomic mass is 19.3. The van der Waals surface area contributed by atoms with Crippen LogP contribution in [-0.2, 0) is 10.7 Å². The normalized spacial score (nSPS) is 11.1. The molecule has 3 aromatic rings. The number of carbonyl (C=O) groups is 1. The van der Waals surface area contributed by atoms with E-state index in [0.717, 1.165) is 25.4 Å². The van der Waals surface area contributed by atoms with Gasteiger partial charge in [0.1, 0.15) is 23.1 Å². The molecule has 0 radical (unpaired) electrons. The first kappa shape index (κ1) is 21.0. The Bertz CT molecular complexity index is 1070. The number of methoxy groups -OCH3 is 1. The summed E-state index contributed by atoms with van der Waals surface area (Å²) in [6.45, 7) is 2.03. The van der Waals surface area contributed by atoms with Crippen LogP contribution in [0.1, 0.15) is 19.5 Å². The third-order valence-electron chi connectivity index (χ3n) is 3.82. The Hall–Kier alpha value is -3.76. The number of aromatic nitrogens is 4. The molecule has 0 spiro atoms. The van der Waals surface area contributed by atoms with Gasteiger partial charge in [-0.1, -0.05) is 0 Å². The number of halogens is 3. The first-order valence-electron chi connectivity index (χ1n) is 8.62. The third-order valence-corrected chi connectivity index (χ3v) is 3.82. The monoisotopic (exact) mass is 418 g/mol. The van der Waals surface area contributed by atoms with Crippen molar-refractivity contribution in [2.75, 3.05) is 17.7 Å². The number of nitrogens with one attached hydrogen (secondary N) is 2. The van der Waals surface area contributed by atoms with Gasteiger partial charge in [-0.05, 0) is 0 Å². The van der Waals surface area contributed by atoms with Crippen molar-refractivity contribution in [3.05, 3.63) is 48.3 Å². The van der Waals surface area contributed by atoms with Crippen LogP contribution in [0, 0.1) is 5.82 Å². The number of alkyl halides is 2. The molecule has 0 unspecified atom stereocenters. The van der Waals surface area contributed by atoms with Crippen LogP contribution in [0.5, 0.6) is 5.75 Å². The summed E-state index contributed by atoms with van der Waals surface area (Å²) < 4.78 is 45.9. The van der Waals surface area contributed by atoms with Crippen molar-refractivity contribution < 1.29 is 22.7 Å². The quantitative estimate of drug-likeness (QED) is 0.626. The van der Waals surface area contributed by atoms with Crippen LogP contribution in [0.15, 0.2) is 36.8 Å². The Morgan fingerprint density at radius 2 is 1.77 bits per heavy atom. The van der Waals surface area contributed by atoms with Gasteiger partial charge in [0, 0.05) is 38.2 Å². The summed E-state index contributed by atoms with van der Waals surface area (Å²) in [5.41, 5.74) is 0.130. The average Bonchev–Trinajstić information content (AvgIpc) is 2.67. The number of rotatable bonds is 6. The second-order valence-electron chi connectivity index (χ2n) is 6.31. The molecule has 3 rings (SSSR count). The van der Waals surface area contributed by atoms with E-state index in [4.69, 9.17) is 4.74 Å². The van der Waals surface area contributed by atoms with Gasteiger partial charge < -0.3 is 15.4 Å². The zero-order valence-corrected chi connectivity index (χ0v) is 16.2. The number of ether oxygens (including phenoxy) is 1. The number of hydrogen-bond donors (Lipinski definition) is 2. The smallest absolute Gasteiger partial charge is 0.287 e. The molecule has 0 fully saturated rings. The number of pyridine rings is 2. The van der Waals surface area contributed by atoms with Crippen molar-refractivity contribution in [2.24, 2.45) is 0 Å². The molecule has 30 heavy (non-hydrogen) atoms. The van der Waals surface area contributed by atoms with Crippen LogP contribution in [-0.4, -0.2) is 33.0 Å². The zero-order valence-electron chi connectivity index (χ0n) is 16.2. The van der Waals surface area contributed by atoms with Gasteiger partial charge in [-0.25, -0.2) is 24.3 Å². The van der Waals surface area contributed by atoms with Crippen molar-refractivity contribution in [2.45, 2.75) is 19.8 Å². The fourth-order valence-corrected chi connectivity index (χ4v) is 2.49. The summed E-state index contributed by atoms with van der Waals surface area (Å²) in [5, 5.41) is 5.42. The highest BCUT2D eigenvalue weighted by Gasteiger charge is 2.27. The number of carbonyl (C=O) groups excluding carboxylic acids is 1. The first-order valence-corrected chi connectivity index (χ1v) is 8.62. The largest absolute Gasteiger partial charge is 0.497 e. The Labute approximate surface area is 169 Å². The van der Waals surface area contributed by atoms with Gasteiger partial charge in [0.25, 0.3) is 5.92 Å². The number of hydrogen-bond acceptors (Lipinski definition) is 7. The van der Waals surface area contributed by atoms with E-state index >= 15 is 0 Å². The molecule has 156 valence electrons. The molecule has 0 bridgehead atoms. The van der Waals surface area contributed by atoms with Gasteiger partial charge in [0.05, 0.1) is 30.8 Å². The summed E-state index contributed by atoms with van der Waals surface area (Å²) in [6, 6.07) is 4.00. The lowest BCUT2D eigenvalue weighted by Gasteiger charge is -2.16.